The van der Waals surface area contributed by atoms with Gasteiger partial charge in [-0.15, -0.1) is 0 Å². The van der Waals surface area contributed by atoms with Gasteiger partial charge in [-0.05, 0) is 48.9 Å². The fourth-order valence-electron chi connectivity index (χ4n) is 3.65. The zero-order chi connectivity index (χ0) is 23.5. The summed E-state index contributed by atoms with van der Waals surface area (Å²) in [6.45, 7) is 2.20. The number of halogens is 3. The lowest BCUT2D eigenvalue weighted by molar-refractivity contribution is -0.139. The number of nitrogens with one attached hydrogen (secondary N) is 1. The van der Waals surface area contributed by atoms with Crippen LogP contribution in [0.2, 0.25) is 10.0 Å². The Balaban J connectivity index is 1.60. The molecule has 0 radical (unpaired) electrons. The lowest BCUT2D eigenvalue weighted by atomic mass is 10.1. The molecule has 2 amide bonds. The molecule has 1 aliphatic rings. The zero-order valence-corrected chi connectivity index (χ0v) is 19.3. The van der Waals surface area contributed by atoms with Crippen molar-refractivity contribution in [3.8, 4) is 5.75 Å². The maximum absolute atomic E-state index is 14.2. The van der Waals surface area contributed by atoms with Crippen LogP contribution in [-0.4, -0.2) is 22.8 Å². The topological polar surface area (TPSA) is 58.6 Å². The number of ether oxygens (including phenoxy) is 1. The van der Waals surface area contributed by atoms with E-state index in [9.17, 15) is 14.0 Å². The van der Waals surface area contributed by atoms with E-state index >= 15 is 0 Å². The van der Waals surface area contributed by atoms with E-state index in [1.807, 2.05) is 6.92 Å². The highest BCUT2D eigenvalue weighted by molar-refractivity contribution is 6.42. The van der Waals surface area contributed by atoms with Gasteiger partial charge in [0.15, 0.2) is 6.10 Å². The molecule has 0 saturated carbocycles. The second kappa shape index (κ2) is 9.81. The van der Waals surface area contributed by atoms with Crippen molar-refractivity contribution in [2.75, 3.05) is 5.32 Å². The molecule has 5 nitrogen and oxygen atoms in total. The molecule has 1 N–H and O–H groups in total. The first-order valence-electron chi connectivity index (χ1n) is 10.4. The van der Waals surface area contributed by atoms with Gasteiger partial charge < -0.3 is 15.0 Å². The highest BCUT2D eigenvalue weighted by atomic mass is 35.5. The van der Waals surface area contributed by atoms with E-state index in [0.717, 1.165) is 0 Å². The number of nitrogens with zero attached hydrogens (tertiary/aromatic N) is 1. The summed E-state index contributed by atoms with van der Waals surface area (Å²) in [6.07, 6.45) is -0.198. The maximum Gasteiger partial charge on any atom is 0.264 e. The summed E-state index contributed by atoms with van der Waals surface area (Å²) < 4.78 is 20.2. The van der Waals surface area contributed by atoms with Crippen molar-refractivity contribution in [2.24, 2.45) is 0 Å². The van der Waals surface area contributed by atoms with Gasteiger partial charge in [0.25, 0.3) is 11.8 Å². The van der Waals surface area contributed by atoms with Crippen molar-refractivity contribution >= 4 is 40.7 Å². The van der Waals surface area contributed by atoms with E-state index < -0.39 is 6.10 Å². The summed E-state index contributed by atoms with van der Waals surface area (Å²) in [5.74, 6) is -0.378. The van der Waals surface area contributed by atoms with Crippen LogP contribution in [0.4, 0.5) is 10.1 Å². The predicted molar refractivity (Wildman–Crippen MR) is 126 cm³/mol. The first-order valence-corrected chi connectivity index (χ1v) is 11.2. The van der Waals surface area contributed by atoms with Gasteiger partial charge in [-0.1, -0.05) is 48.3 Å². The van der Waals surface area contributed by atoms with E-state index in [4.69, 9.17) is 27.9 Å². The monoisotopic (exact) mass is 486 g/mol. The number of hydrogen-bond acceptors (Lipinski definition) is 3. The Bertz CT molecular complexity index is 1220. The minimum Gasteiger partial charge on any atom is -0.480 e. The molecule has 0 fully saturated rings. The standard InChI is InChI=1S/C25H21Cl2FN2O3/c1-2-22-25(32)30(13-16-5-3-4-6-21(16)28)14-17-11-18(8-10-23(17)33-22)29-24(31)15-7-9-19(26)20(27)12-15/h3-12,22H,2,13-14H2,1H3,(H,29,31). The van der Waals surface area contributed by atoms with Gasteiger partial charge in [-0.25, -0.2) is 4.39 Å². The fourth-order valence-corrected chi connectivity index (χ4v) is 3.95. The van der Waals surface area contributed by atoms with Gasteiger partial charge in [-0.3, -0.25) is 9.59 Å². The Morgan fingerprint density at radius 2 is 1.91 bits per heavy atom. The van der Waals surface area contributed by atoms with Crippen molar-refractivity contribution in [3.63, 3.8) is 0 Å². The average Bonchev–Trinajstić information content (AvgIpc) is 2.93. The van der Waals surface area contributed by atoms with Crippen LogP contribution in [0.25, 0.3) is 0 Å². The van der Waals surface area contributed by atoms with Gasteiger partial charge in [-0.2, -0.15) is 0 Å². The number of anilines is 1. The number of carbonyl (C=O) groups excluding carboxylic acids is 2. The van der Waals surface area contributed by atoms with E-state index in [1.54, 1.807) is 53.4 Å². The van der Waals surface area contributed by atoms with Crippen LogP contribution in [0.15, 0.2) is 60.7 Å². The molecule has 4 rings (SSSR count). The number of amides is 2. The molecule has 3 aromatic rings. The van der Waals surface area contributed by atoms with Gasteiger partial charge >= 0.3 is 0 Å². The van der Waals surface area contributed by atoms with Crippen molar-refractivity contribution in [1.82, 2.24) is 4.90 Å². The normalized spacial score (nSPS) is 15.5. The van der Waals surface area contributed by atoms with Gasteiger partial charge in [0.1, 0.15) is 11.6 Å². The molecule has 0 spiro atoms. The van der Waals surface area contributed by atoms with Gasteiger partial charge in [0.05, 0.1) is 10.0 Å². The molecular formula is C25H21Cl2FN2O3. The largest absolute Gasteiger partial charge is 0.480 e. The second-order valence-electron chi connectivity index (χ2n) is 7.71. The zero-order valence-electron chi connectivity index (χ0n) is 17.8. The fraction of sp³-hybridized carbons (Fsp3) is 0.200. The molecule has 1 unspecified atom stereocenters. The first kappa shape index (κ1) is 23.1. The van der Waals surface area contributed by atoms with Crippen LogP contribution in [0, 0.1) is 5.82 Å². The lowest BCUT2D eigenvalue weighted by Crippen LogP contribution is -2.39. The Kier molecular flexibility index (Phi) is 6.86. The minimum atomic E-state index is -0.672. The number of rotatable bonds is 5. The third-order valence-electron chi connectivity index (χ3n) is 5.41. The van der Waals surface area contributed by atoms with Crippen LogP contribution in [0.1, 0.15) is 34.8 Å². The minimum absolute atomic E-state index is 0.116. The number of fused-ring (bicyclic) bond motifs is 1. The molecular weight excluding hydrogens is 466 g/mol. The lowest BCUT2D eigenvalue weighted by Gasteiger charge is -2.23. The maximum atomic E-state index is 14.2. The van der Waals surface area contributed by atoms with E-state index in [2.05, 4.69) is 5.32 Å². The highest BCUT2D eigenvalue weighted by Gasteiger charge is 2.30. The molecule has 1 heterocycles. The number of benzene rings is 3. The Labute approximate surface area is 201 Å². The molecule has 8 heteroatoms. The van der Waals surface area contributed by atoms with E-state index in [-0.39, 0.29) is 35.7 Å². The van der Waals surface area contributed by atoms with Crippen molar-refractivity contribution in [1.29, 1.82) is 0 Å². The van der Waals surface area contributed by atoms with E-state index in [1.165, 1.54) is 12.1 Å². The average molecular weight is 487 g/mol. The summed E-state index contributed by atoms with van der Waals surface area (Å²) in [5.41, 5.74) is 2.02. The molecule has 170 valence electrons. The van der Waals surface area contributed by atoms with Crippen LogP contribution < -0.4 is 10.1 Å². The summed E-state index contributed by atoms with van der Waals surface area (Å²) in [7, 11) is 0. The summed E-state index contributed by atoms with van der Waals surface area (Å²) >= 11 is 11.9. The quantitative estimate of drug-likeness (QED) is 0.474. The smallest absolute Gasteiger partial charge is 0.264 e. The van der Waals surface area contributed by atoms with Crippen LogP contribution in [-0.2, 0) is 17.9 Å². The van der Waals surface area contributed by atoms with Gasteiger partial charge in [0.2, 0.25) is 0 Å². The summed E-state index contributed by atoms with van der Waals surface area (Å²) in [5, 5.41) is 3.47. The predicted octanol–water partition coefficient (Wildman–Crippen LogP) is 6.08. The van der Waals surface area contributed by atoms with Crippen molar-refractivity contribution in [3.05, 3.63) is 93.2 Å². The molecule has 3 aromatic carbocycles. The highest BCUT2D eigenvalue weighted by Crippen LogP contribution is 2.31. The summed E-state index contributed by atoms with van der Waals surface area (Å²) in [4.78, 5) is 27.3. The Morgan fingerprint density at radius 3 is 2.64 bits per heavy atom. The van der Waals surface area contributed by atoms with Crippen molar-refractivity contribution in [2.45, 2.75) is 32.5 Å². The molecule has 0 saturated heterocycles. The molecule has 0 aliphatic carbocycles. The first-order chi connectivity index (χ1) is 15.9. The van der Waals surface area contributed by atoms with Crippen LogP contribution >= 0.6 is 23.2 Å². The third-order valence-corrected chi connectivity index (χ3v) is 6.15. The SMILES string of the molecule is CCC1Oc2ccc(NC(=O)c3ccc(Cl)c(Cl)c3)cc2CN(Cc2ccccc2F)C1=O. The molecule has 33 heavy (non-hydrogen) atoms. The summed E-state index contributed by atoms with van der Waals surface area (Å²) in [6, 6.07) is 16.2. The molecule has 0 aromatic heterocycles. The Hall–Kier alpha value is -3.09. The number of carbonyl (C=O) groups is 2. The van der Waals surface area contributed by atoms with E-state index in [0.29, 0.717) is 39.6 Å². The Morgan fingerprint density at radius 1 is 1.12 bits per heavy atom. The molecule has 0 bridgehead atoms. The van der Waals surface area contributed by atoms with Crippen molar-refractivity contribution < 1.29 is 18.7 Å². The third kappa shape index (κ3) is 5.13. The van der Waals surface area contributed by atoms with Gasteiger partial charge in [0, 0.05) is 35.5 Å². The molecule has 1 atom stereocenters. The van der Waals surface area contributed by atoms with Crippen LogP contribution in [0.3, 0.4) is 0 Å². The second-order valence-corrected chi connectivity index (χ2v) is 8.52. The van der Waals surface area contributed by atoms with Crippen LogP contribution in [0.5, 0.6) is 5.75 Å². The number of hydrogen-bond donors (Lipinski definition) is 1. The molecule has 1 aliphatic heterocycles.